The average Bonchev–Trinajstić information content (AvgIpc) is 2.69. The number of hydrogen-bond donors (Lipinski definition) is 1. The van der Waals surface area contributed by atoms with Crippen LogP contribution < -0.4 is 5.32 Å². The van der Waals surface area contributed by atoms with Crippen molar-refractivity contribution in [2.45, 2.75) is 23.9 Å². The molecule has 0 aromatic heterocycles. The van der Waals surface area contributed by atoms with Crippen LogP contribution in [0, 0.1) is 5.92 Å². The van der Waals surface area contributed by atoms with Gasteiger partial charge in [-0.25, -0.2) is 8.42 Å². The molecule has 1 amide bonds. The van der Waals surface area contributed by atoms with Crippen LogP contribution in [0.3, 0.4) is 0 Å². The van der Waals surface area contributed by atoms with Gasteiger partial charge < -0.3 is 5.32 Å². The quantitative estimate of drug-likeness (QED) is 0.685. The number of amides is 1. The van der Waals surface area contributed by atoms with Gasteiger partial charge in [0, 0.05) is 23.5 Å². The normalized spacial score (nSPS) is 16.6. The second kappa shape index (κ2) is 8.45. The van der Waals surface area contributed by atoms with Gasteiger partial charge in [0.25, 0.3) is 0 Å². The lowest BCUT2D eigenvalue weighted by Crippen LogP contribution is -2.41. The summed E-state index contributed by atoms with van der Waals surface area (Å²) >= 11 is 3.35. The zero-order valence-corrected chi connectivity index (χ0v) is 17.5. The average molecular weight is 491 g/mol. The Balaban J connectivity index is 1.67. The number of anilines is 1. The Morgan fingerprint density at radius 2 is 1.72 bits per heavy atom. The Morgan fingerprint density at radius 1 is 1.07 bits per heavy atom. The first-order valence-corrected chi connectivity index (χ1v) is 11.0. The van der Waals surface area contributed by atoms with E-state index in [1.54, 1.807) is 18.2 Å². The number of rotatable bonds is 4. The molecule has 1 N–H and O–H groups in total. The van der Waals surface area contributed by atoms with Crippen LogP contribution in [-0.2, 0) is 21.0 Å². The first kappa shape index (κ1) is 21.8. The third kappa shape index (κ3) is 4.99. The van der Waals surface area contributed by atoms with Crippen LogP contribution in [0.1, 0.15) is 18.4 Å². The lowest BCUT2D eigenvalue weighted by atomic mass is 9.97. The number of carbonyl (C=O) groups is 1. The maximum Gasteiger partial charge on any atom is 0.416 e. The first-order valence-electron chi connectivity index (χ1n) is 8.82. The van der Waals surface area contributed by atoms with Gasteiger partial charge in [-0.15, -0.1) is 0 Å². The van der Waals surface area contributed by atoms with Crippen molar-refractivity contribution >= 4 is 37.5 Å². The van der Waals surface area contributed by atoms with Gasteiger partial charge in [0.05, 0.1) is 16.1 Å². The monoisotopic (exact) mass is 490 g/mol. The summed E-state index contributed by atoms with van der Waals surface area (Å²) in [4.78, 5) is 12.1. The van der Waals surface area contributed by atoms with Crippen LogP contribution in [0.15, 0.2) is 57.9 Å². The molecule has 3 rings (SSSR count). The molecule has 2 aromatic rings. The molecule has 0 saturated carbocycles. The highest BCUT2D eigenvalue weighted by Crippen LogP contribution is 2.32. The van der Waals surface area contributed by atoms with E-state index >= 15 is 0 Å². The highest BCUT2D eigenvalue weighted by atomic mass is 79.9. The fraction of sp³-hybridized carbons (Fsp3) is 0.316. The highest BCUT2D eigenvalue weighted by molar-refractivity contribution is 9.10. The van der Waals surface area contributed by atoms with E-state index in [0.717, 1.165) is 27.0 Å². The maximum atomic E-state index is 12.9. The van der Waals surface area contributed by atoms with Crippen LogP contribution in [-0.4, -0.2) is 31.7 Å². The molecule has 1 aliphatic rings. The standard InChI is InChI=1S/C19H18BrF3N2O3S/c20-16-6-1-2-7-17(16)24-18(26)13-8-10-25(11-9-13)29(27,28)15-5-3-4-14(12-15)19(21,22)23/h1-7,12-13H,8-11H2,(H,24,26). The predicted octanol–water partition coefficient (Wildman–Crippen LogP) is 4.51. The number of hydrogen-bond acceptors (Lipinski definition) is 3. The van der Waals surface area contributed by atoms with Gasteiger partial charge >= 0.3 is 6.18 Å². The van der Waals surface area contributed by atoms with E-state index in [-0.39, 0.29) is 37.8 Å². The second-order valence-corrected chi connectivity index (χ2v) is 9.47. The van der Waals surface area contributed by atoms with Crippen molar-refractivity contribution in [3.05, 3.63) is 58.6 Å². The van der Waals surface area contributed by atoms with Gasteiger partial charge in [0.1, 0.15) is 0 Å². The molecule has 29 heavy (non-hydrogen) atoms. The number of para-hydroxylation sites is 1. The molecule has 10 heteroatoms. The summed E-state index contributed by atoms with van der Waals surface area (Å²) in [6.45, 7) is 0.124. The Bertz CT molecular complexity index is 1000. The van der Waals surface area contributed by atoms with Gasteiger partial charge in [-0.05, 0) is 59.1 Å². The molecule has 0 radical (unpaired) electrons. The molecule has 5 nitrogen and oxygen atoms in total. The number of carbonyl (C=O) groups excluding carboxylic acids is 1. The number of sulfonamides is 1. The largest absolute Gasteiger partial charge is 0.416 e. The second-order valence-electron chi connectivity index (χ2n) is 6.67. The number of halogens is 4. The summed E-state index contributed by atoms with van der Waals surface area (Å²) in [6.07, 6.45) is -4.05. The minimum absolute atomic E-state index is 0.0621. The Kier molecular flexibility index (Phi) is 6.35. The Labute approximate surface area is 175 Å². The van der Waals surface area contributed by atoms with Gasteiger partial charge in [0.15, 0.2) is 0 Å². The Morgan fingerprint density at radius 3 is 2.34 bits per heavy atom. The van der Waals surface area contributed by atoms with Crippen molar-refractivity contribution < 1.29 is 26.4 Å². The van der Waals surface area contributed by atoms with Gasteiger partial charge in [-0.3, -0.25) is 4.79 Å². The first-order chi connectivity index (χ1) is 13.6. The van der Waals surface area contributed by atoms with Crippen molar-refractivity contribution in [1.82, 2.24) is 4.31 Å². The van der Waals surface area contributed by atoms with E-state index < -0.39 is 26.7 Å². The summed E-state index contributed by atoms with van der Waals surface area (Å²) in [7, 11) is -4.07. The lowest BCUT2D eigenvalue weighted by Gasteiger charge is -2.30. The smallest absolute Gasteiger partial charge is 0.325 e. The van der Waals surface area contributed by atoms with Gasteiger partial charge in [0.2, 0.25) is 15.9 Å². The third-order valence-electron chi connectivity index (χ3n) is 4.76. The van der Waals surface area contributed by atoms with Crippen LogP contribution >= 0.6 is 15.9 Å². The van der Waals surface area contributed by atoms with E-state index in [1.165, 1.54) is 0 Å². The fourth-order valence-electron chi connectivity index (χ4n) is 3.14. The van der Waals surface area contributed by atoms with E-state index in [9.17, 15) is 26.4 Å². The predicted molar refractivity (Wildman–Crippen MR) is 106 cm³/mol. The van der Waals surface area contributed by atoms with Crippen LogP contribution in [0.2, 0.25) is 0 Å². The lowest BCUT2D eigenvalue weighted by molar-refractivity contribution is -0.137. The summed E-state index contributed by atoms with van der Waals surface area (Å²) in [5, 5.41) is 2.81. The summed E-state index contributed by atoms with van der Waals surface area (Å²) in [6, 6.07) is 10.8. The van der Waals surface area contributed by atoms with Gasteiger partial charge in [-0.1, -0.05) is 18.2 Å². The van der Waals surface area contributed by atoms with E-state index in [0.29, 0.717) is 11.8 Å². The highest BCUT2D eigenvalue weighted by Gasteiger charge is 2.35. The van der Waals surface area contributed by atoms with E-state index in [4.69, 9.17) is 0 Å². The van der Waals surface area contributed by atoms with Crippen LogP contribution in [0.25, 0.3) is 0 Å². The summed E-state index contributed by atoms with van der Waals surface area (Å²) in [5.74, 6) is -0.594. The maximum absolute atomic E-state index is 12.9. The van der Waals surface area contributed by atoms with Crippen molar-refractivity contribution in [3.8, 4) is 0 Å². The molecule has 0 atom stereocenters. The topological polar surface area (TPSA) is 66.5 Å². The van der Waals surface area contributed by atoms with Crippen molar-refractivity contribution in [3.63, 3.8) is 0 Å². The molecule has 0 bridgehead atoms. The molecule has 1 fully saturated rings. The van der Waals surface area contributed by atoms with E-state index in [1.807, 2.05) is 6.07 Å². The molecular weight excluding hydrogens is 473 g/mol. The van der Waals surface area contributed by atoms with Crippen LogP contribution in [0.4, 0.5) is 18.9 Å². The van der Waals surface area contributed by atoms with Crippen molar-refractivity contribution in [2.75, 3.05) is 18.4 Å². The molecule has 0 aliphatic carbocycles. The zero-order valence-electron chi connectivity index (χ0n) is 15.1. The summed E-state index contributed by atoms with van der Waals surface area (Å²) < 4.78 is 66.0. The molecule has 1 heterocycles. The molecule has 1 saturated heterocycles. The molecule has 2 aromatic carbocycles. The SMILES string of the molecule is O=C(Nc1ccccc1Br)C1CCN(S(=O)(=O)c2cccc(C(F)(F)F)c2)CC1. The third-order valence-corrected chi connectivity index (χ3v) is 7.34. The molecule has 156 valence electrons. The number of benzene rings is 2. The minimum atomic E-state index is -4.62. The fourth-order valence-corrected chi connectivity index (χ4v) is 5.04. The number of alkyl halides is 3. The van der Waals surface area contributed by atoms with Crippen molar-refractivity contribution in [2.24, 2.45) is 5.92 Å². The van der Waals surface area contributed by atoms with E-state index in [2.05, 4.69) is 21.2 Å². The molecule has 1 aliphatic heterocycles. The summed E-state index contributed by atoms with van der Waals surface area (Å²) in [5.41, 5.74) is -0.391. The van der Waals surface area contributed by atoms with Crippen LogP contribution in [0.5, 0.6) is 0 Å². The number of piperidine rings is 1. The molecule has 0 unspecified atom stereocenters. The number of nitrogens with zero attached hydrogens (tertiary/aromatic N) is 1. The Hall–Kier alpha value is -1.91. The van der Waals surface area contributed by atoms with Gasteiger partial charge in [-0.2, -0.15) is 17.5 Å². The number of nitrogens with one attached hydrogen (secondary N) is 1. The molecule has 0 spiro atoms. The minimum Gasteiger partial charge on any atom is -0.325 e. The zero-order chi connectivity index (χ0) is 21.2. The van der Waals surface area contributed by atoms with Crippen molar-refractivity contribution in [1.29, 1.82) is 0 Å². The molecular formula is C19H18BrF3N2O3S.